The first-order chi connectivity index (χ1) is 11.3. The molecule has 0 aliphatic heterocycles. The molecule has 0 amide bonds. The van der Waals surface area contributed by atoms with Gasteiger partial charge in [-0.25, -0.2) is 0 Å². The molecule has 6 nitrogen and oxygen atoms in total. The molecule has 1 aromatic heterocycles. The molecule has 0 spiro atoms. The molecule has 2 aromatic rings. The summed E-state index contributed by atoms with van der Waals surface area (Å²) in [6, 6.07) is 12.3. The monoisotopic (exact) mass is 315 g/mol. The van der Waals surface area contributed by atoms with E-state index in [4.69, 9.17) is 4.52 Å². The van der Waals surface area contributed by atoms with Crippen LogP contribution in [0.2, 0.25) is 0 Å². The average Bonchev–Trinajstić information content (AvgIpc) is 3.12. The highest BCUT2D eigenvalue weighted by molar-refractivity contribution is 5.79. The smallest absolute Gasteiger partial charge is 0.191 e. The zero-order valence-corrected chi connectivity index (χ0v) is 13.8. The molecule has 2 N–H and O–H groups in total. The van der Waals surface area contributed by atoms with Crippen molar-refractivity contribution >= 4 is 11.6 Å². The van der Waals surface area contributed by atoms with Crippen molar-refractivity contribution in [2.75, 3.05) is 31.6 Å². The van der Waals surface area contributed by atoms with E-state index >= 15 is 0 Å². The number of nitrogens with zero attached hydrogens (tertiary/aromatic N) is 3. The van der Waals surface area contributed by atoms with Crippen LogP contribution in [0.25, 0.3) is 0 Å². The third-order valence-electron chi connectivity index (χ3n) is 3.55. The van der Waals surface area contributed by atoms with Crippen molar-refractivity contribution in [3.63, 3.8) is 0 Å². The van der Waals surface area contributed by atoms with Gasteiger partial charge in [0.25, 0.3) is 0 Å². The molecule has 0 fully saturated rings. The third-order valence-corrected chi connectivity index (χ3v) is 3.55. The van der Waals surface area contributed by atoms with Gasteiger partial charge in [-0.05, 0) is 25.5 Å². The van der Waals surface area contributed by atoms with E-state index < -0.39 is 0 Å². The number of rotatable bonds is 8. The molecule has 124 valence electrons. The van der Waals surface area contributed by atoms with Crippen LogP contribution in [0.4, 0.5) is 5.69 Å². The number of anilines is 1. The van der Waals surface area contributed by atoms with Crippen molar-refractivity contribution < 1.29 is 4.52 Å². The first-order valence-corrected chi connectivity index (χ1v) is 7.97. The van der Waals surface area contributed by atoms with Gasteiger partial charge < -0.3 is 20.1 Å². The number of para-hydroxylation sites is 1. The van der Waals surface area contributed by atoms with Crippen LogP contribution < -0.4 is 15.5 Å². The van der Waals surface area contributed by atoms with Gasteiger partial charge in [-0.2, -0.15) is 0 Å². The normalized spacial score (nSPS) is 11.3. The summed E-state index contributed by atoms with van der Waals surface area (Å²) >= 11 is 0. The molecule has 0 atom stereocenters. The Bertz CT molecular complexity index is 568. The number of hydrogen-bond donors (Lipinski definition) is 2. The summed E-state index contributed by atoms with van der Waals surface area (Å²) in [5, 5.41) is 10.4. The third kappa shape index (κ3) is 5.65. The molecule has 1 aromatic carbocycles. The minimum absolute atomic E-state index is 0.598. The molecule has 2 rings (SSSR count). The summed E-state index contributed by atoms with van der Waals surface area (Å²) in [6.45, 7) is 5.65. The van der Waals surface area contributed by atoms with Gasteiger partial charge in [0.05, 0.1) is 6.54 Å². The van der Waals surface area contributed by atoms with E-state index in [0.29, 0.717) is 6.54 Å². The fourth-order valence-corrected chi connectivity index (χ4v) is 2.31. The largest absolute Gasteiger partial charge is 0.372 e. The maximum atomic E-state index is 4.80. The molecule has 23 heavy (non-hydrogen) atoms. The Morgan fingerprint density at radius 1 is 1.22 bits per heavy atom. The maximum absolute atomic E-state index is 4.80. The van der Waals surface area contributed by atoms with Crippen LogP contribution in [0.1, 0.15) is 19.0 Å². The van der Waals surface area contributed by atoms with E-state index in [2.05, 4.69) is 56.9 Å². The van der Waals surface area contributed by atoms with Crippen LogP contribution in [-0.4, -0.2) is 37.8 Å². The molecule has 0 radical (unpaired) electrons. The van der Waals surface area contributed by atoms with Gasteiger partial charge in [-0.1, -0.05) is 23.4 Å². The lowest BCUT2D eigenvalue weighted by Crippen LogP contribution is -2.38. The molecular weight excluding hydrogens is 290 g/mol. The Labute approximate surface area is 137 Å². The van der Waals surface area contributed by atoms with Gasteiger partial charge >= 0.3 is 0 Å². The molecule has 0 aliphatic carbocycles. The van der Waals surface area contributed by atoms with E-state index in [1.165, 1.54) is 5.69 Å². The maximum Gasteiger partial charge on any atom is 0.191 e. The minimum atomic E-state index is 0.598. The summed E-state index contributed by atoms with van der Waals surface area (Å²) < 4.78 is 4.80. The average molecular weight is 315 g/mol. The van der Waals surface area contributed by atoms with Crippen molar-refractivity contribution in [2.45, 2.75) is 19.9 Å². The van der Waals surface area contributed by atoms with Gasteiger partial charge in [0.15, 0.2) is 5.96 Å². The minimum Gasteiger partial charge on any atom is -0.372 e. The topological polar surface area (TPSA) is 65.7 Å². The van der Waals surface area contributed by atoms with Crippen LogP contribution in [0.3, 0.4) is 0 Å². The van der Waals surface area contributed by atoms with Gasteiger partial charge in [0.2, 0.25) is 0 Å². The number of aromatic nitrogens is 1. The van der Waals surface area contributed by atoms with Gasteiger partial charge in [0, 0.05) is 38.4 Å². The summed E-state index contributed by atoms with van der Waals surface area (Å²) in [4.78, 5) is 6.57. The molecule has 0 saturated carbocycles. The Hall–Kier alpha value is -2.50. The summed E-state index contributed by atoms with van der Waals surface area (Å²) in [5.41, 5.74) is 2.12. The summed E-state index contributed by atoms with van der Waals surface area (Å²) in [7, 11) is 1.76. The summed E-state index contributed by atoms with van der Waals surface area (Å²) in [6.07, 6.45) is 2.60. The van der Waals surface area contributed by atoms with Crippen LogP contribution in [0.15, 0.2) is 52.2 Å². The van der Waals surface area contributed by atoms with Crippen LogP contribution in [0, 0.1) is 0 Å². The first kappa shape index (κ1) is 16.9. The quantitative estimate of drug-likeness (QED) is 0.444. The molecule has 0 bridgehead atoms. The lowest BCUT2D eigenvalue weighted by atomic mass is 10.2. The standard InChI is InChI=1S/C17H25N5O/c1-3-22(16-8-5-4-6-9-16)12-7-11-19-17(18-2)20-14-15-10-13-23-21-15/h4-6,8-10,13H,3,7,11-12,14H2,1-2H3,(H2,18,19,20). The van der Waals surface area contributed by atoms with Crippen molar-refractivity contribution in [3.8, 4) is 0 Å². The van der Waals surface area contributed by atoms with Gasteiger partial charge in [-0.3, -0.25) is 4.99 Å². The number of aliphatic imine (C=N–C) groups is 1. The second-order valence-corrected chi connectivity index (χ2v) is 5.11. The second kappa shape index (κ2) is 9.50. The zero-order valence-electron chi connectivity index (χ0n) is 13.8. The Balaban J connectivity index is 1.68. The molecule has 6 heteroatoms. The summed E-state index contributed by atoms with van der Waals surface area (Å²) in [5.74, 6) is 0.774. The zero-order chi connectivity index (χ0) is 16.3. The molecule has 0 unspecified atom stereocenters. The molecule has 1 heterocycles. The first-order valence-electron chi connectivity index (χ1n) is 7.97. The highest BCUT2D eigenvalue weighted by atomic mass is 16.5. The fourth-order valence-electron chi connectivity index (χ4n) is 2.31. The fraction of sp³-hybridized carbons (Fsp3) is 0.412. The van der Waals surface area contributed by atoms with Gasteiger partial charge in [0.1, 0.15) is 12.0 Å². The van der Waals surface area contributed by atoms with Crippen molar-refractivity contribution in [3.05, 3.63) is 48.4 Å². The van der Waals surface area contributed by atoms with E-state index in [0.717, 1.165) is 37.7 Å². The SMILES string of the molecule is CCN(CCCNC(=NC)NCc1ccon1)c1ccccc1. The van der Waals surface area contributed by atoms with Crippen LogP contribution >= 0.6 is 0 Å². The van der Waals surface area contributed by atoms with Crippen molar-refractivity contribution in [1.82, 2.24) is 15.8 Å². The lowest BCUT2D eigenvalue weighted by Gasteiger charge is -2.23. The van der Waals surface area contributed by atoms with Crippen molar-refractivity contribution in [2.24, 2.45) is 4.99 Å². The second-order valence-electron chi connectivity index (χ2n) is 5.11. The number of guanidine groups is 1. The van der Waals surface area contributed by atoms with Crippen molar-refractivity contribution in [1.29, 1.82) is 0 Å². The molecule has 0 aliphatic rings. The Morgan fingerprint density at radius 2 is 2.04 bits per heavy atom. The lowest BCUT2D eigenvalue weighted by molar-refractivity contribution is 0.410. The van der Waals surface area contributed by atoms with E-state index in [1.807, 2.05) is 12.1 Å². The highest BCUT2D eigenvalue weighted by Gasteiger charge is 2.04. The van der Waals surface area contributed by atoms with E-state index in [-0.39, 0.29) is 0 Å². The number of benzene rings is 1. The van der Waals surface area contributed by atoms with E-state index in [1.54, 1.807) is 13.3 Å². The molecular formula is C17H25N5O. The Morgan fingerprint density at radius 3 is 2.70 bits per heavy atom. The van der Waals surface area contributed by atoms with Gasteiger partial charge in [-0.15, -0.1) is 0 Å². The van der Waals surface area contributed by atoms with Crippen LogP contribution in [0.5, 0.6) is 0 Å². The highest BCUT2D eigenvalue weighted by Crippen LogP contribution is 2.12. The number of hydrogen-bond acceptors (Lipinski definition) is 4. The number of nitrogens with one attached hydrogen (secondary N) is 2. The Kier molecular flexibility index (Phi) is 6.97. The van der Waals surface area contributed by atoms with E-state index in [9.17, 15) is 0 Å². The predicted molar refractivity (Wildman–Crippen MR) is 93.7 cm³/mol. The molecule has 0 saturated heterocycles. The predicted octanol–water partition coefficient (Wildman–Crippen LogP) is 2.26. The van der Waals surface area contributed by atoms with Crippen LogP contribution in [-0.2, 0) is 6.54 Å².